The lowest BCUT2D eigenvalue weighted by Crippen LogP contribution is -2.33. The zero-order valence-corrected chi connectivity index (χ0v) is 14.8. The fourth-order valence-corrected chi connectivity index (χ4v) is 4.39. The summed E-state index contributed by atoms with van der Waals surface area (Å²) < 4.78 is 1.62. The number of aryl methyl sites for hydroxylation is 1. The molecule has 1 saturated heterocycles. The van der Waals surface area contributed by atoms with E-state index in [4.69, 9.17) is 0 Å². The molecule has 1 amide bonds. The summed E-state index contributed by atoms with van der Waals surface area (Å²) in [6, 6.07) is 0. The molecular weight excluding hydrogens is 302 g/mol. The van der Waals surface area contributed by atoms with E-state index in [1.165, 1.54) is 38.5 Å². The van der Waals surface area contributed by atoms with Gasteiger partial charge in [-0.25, -0.2) is 0 Å². The standard InChI is InChI=1S/C19H29N3O2/c1-21-15-16(14-20-21)17(23)6-7-18(24)22-12-5-10-19(11-13-22)8-3-2-4-9-19/h14-15H,2-13H2,1H3. The maximum Gasteiger partial charge on any atom is 0.223 e. The first kappa shape index (κ1) is 17.2. The van der Waals surface area contributed by atoms with Crippen molar-refractivity contribution >= 4 is 11.7 Å². The molecule has 0 N–H and O–H groups in total. The van der Waals surface area contributed by atoms with Crippen LogP contribution in [0.4, 0.5) is 0 Å². The largest absolute Gasteiger partial charge is 0.343 e. The van der Waals surface area contributed by atoms with Gasteiger partial charge < -0.3 is 4.90 Å². The van der Waals surface area contributed by atoms with Gasteiger partial charge in [0, 0.05) is 39.2 Å². The Hall–Kier alpha value is -1.65. The molecule has 132 valence electrons. The number of amides is 1. The Morgan fingerprint density at radius 2 is 1.79 bits per heavy atom. The third kappa shape index (κ3) is 4.05. The molecule has 1 spiro atoms. The van der Waals surface area contributed by atoms with Crippen molar-refractivity contribution in [3.63, 3.8) is 0 Å². The molecular formula is C19H29N3O2. The van der Waals surface area contributed by atoms with Gasteiger partial charge >= 0.3 is 0 Å². The molecule has 1 aliphatic carbocycles. The van der Waals surface area contributed by atoms with E-state index in [1.807, 2.05) is 4.90 Å². The van der Waals surface area contributed by atoms with Gasteiger partial charge in [-0.2, -0.15) is 5.10 Å². The number of carbonyl (C=O) groups is 2. The van der Waals surface area contributed by atoms with Crippen LogP contribution in [0.1, 0.15) is 74.6 Å². The molecule has 0 bridgehead atoms. The number of rotatable bonds is 4. The van der Waals surface area contributed by atoms with Gasteiger partial charge in [-0.3, -0.25) is 14.3 Å². The van der Waals surface area contributed by atoms with Crippen molar-refractivity contribution < 1.29 is 9.59 Å². The van der Waals surface area contributed by atoms with Gasteiger partial charge in [0.25, 0.3) is 0 Å². The first-order valence-corrected chi connectivity index (χ1v) is 9.38. The zero-order valence-electron chi connectivity index (χ0n) is 14.8. The van der Waals surface area contributed by atoms with Gasteiger partial charge in [-0.05, 0) is 37.5 Å². The summed E-state index contributed by atoms with van der Waals surface area (Å²) in [6.07, 6.45) is 14.2. The van der Waals surface area contributed by atoms with E-state index < -0.39 is 0 Å². The Balaban J connectivity index is 1.49. The van der Waals surface area contributed by atoms with Crippen LogP contribution in [0.5, 0.6) is 0 Å². The summed E-state index contributed by atoms with van der Waals surface area (Å²) in [5.41, 5.74) is 1.10. The second-order valence-electron chi connectivity index (χ2n) is 7.62. The van der Waals surface area contributed by atoms with E-state index in [0.29, 0.717) is 17.4 Å². The summed E-state index contributed by atoms with van der Waals surface area (Å²) in [7, 11) is 1.79. The number of aromatic nitrogens is 2. The molecule has 0 aromatic carbocycles. The van der Waals surface area contributed by atoms with Gasteiger partial charge in [0.15, 0.2) is 5.78 Å². The van der Waals surface area contributed by atoms with Crippen molar-refractivity contribution in [1.82, 2.24) is 14.7 Å². The van der Waals surface area contributed by atoms with Crippen molar-refractivity contribution in [2.45, 2.75) is 64.2 Å². The van der Waals surface area contributed by atoms with Crippen LogP contribution < -0.4 is 0 Å². The molecule has 2 heterocycles. The number of likely N-dealkylation sites (tertiary alicyclic amines) is 1. The molecule has 5 heteroatoms. The first-order chi connectivity index (χ1) is 11.6. The summed E-state index contributed by atoms with van der Waals surface area (Å²) in [6.45, 7) is 1.74. The van der Waals surface area contributed by atoms with Gasteiger partial charge in [-0.15, -0.1) is 0 Å². The maximum atomic E-state index is 12.5. The van der Waals surface area contributed by atoms with Crippen LogP contribution in [0, 0.1) is 5.41 Å². The van der Waals surface area contributed by atoms with Crippen LogP contribution in [-0.4, -0.2) is 39.5 Å². The third-order valence-corrected chi connectivity index (χ3v) is 5.91. The average molecular weight is 331 g/mol. The van der Waals surface area contributed by atoms with Gasteiger partial charge in [0.1, 0.15) is 0 Å². The Bertz CT molecular complexity index is 587. The highest BCUT2D eigenvalue weighted by Crippen LogP contribution is 2.44. The van der Waals surface area contributed by atoms with Gasteiger partial charge in [0.05, 0.1) is 11.8 Å². The van der Waals surface area contributed by atoms with E-state index in [-0.39, 0.29) is 18.1 Å². The average Bonchev–Trinajstić information content (AvgIpc) is 2.92. The Morgan fingerprint density at radius 1 is 1.04 bits per heavy atom. The normalized spacial score (nSPS) is 20.8. The van der Waals surface area contributed by atoms with Crippen LogP contribution in [0.3, 0.4) is 0 Å². The molecule has 1 saturated carbocycles. The molecule has 2 aliphatic rings. The van der Waals surface area contributed by atoms with Gasteiger partial charge in [-0.1, -0.05) is 19.3 Å². The lowest BCUT2D eigenvalue weighted by molar-refractivity contribution is -0.131. The molecule has 0 radical (unpaired) electrons. The lowest BCUT2D eigenvalue weighted by Gasteiger charge is -2.36. The Morgan fingerprint density at radius 3 is 2.50 bits per heavy atom. The zero-order chi connectivity index (χ0) is 17.0. The minimum absolute atomic E-state index is 0.00928. The summed E-state index contributed by atoms with van der Waals surface area (Å²) in [5, 5.41) is 4.02. The second kappa shape index (κ2) is 7.49. The van der Waals surface area contributed by atoms with Crippen LogP contribution >= 0.6 is 0 Å². The molecule has 2 fully saturated rings. The lowest BCUT2D eigenvalue weighted by atomic mass is 9.69. The van der Waals surface area contributed by atoms with Crippen LogP contribution in [0.25, 0.3) is 0 Å². The van der Waals surface area contributed by atoms with Crippen LogP contribution in [0.15, 0.2) is 12.4 Å². The maximum absolute atomic E-state index is 12.5. The quantitative estimate of drug-likeness (QED) is 0.795. The fraction of sp³-hybridized carbons (Fsp3) is 0.737. The second-order valence-corrected chi connectivity index (χ2v) is 7.62. The molecule has 5 nitrogen and oxygen atoms in total. The van der Waals surface area contributed by atoms with Crippen molar-refractivity contribution in [1.29, 1.82) is 0 Å². The Labute approximate surface area is 144 Å². The predicted octanol–water partition coefficient (Wildman–Crippen LogP) is 3.35. The number of nitrogens with zero attached hydrogens (tertiary/aromatic N) is 3. The van der Waals surface area contributed by atoms with Crippen molar-refractivity contribution in [2.24, 2.45) is 12.5 Å². The molecule has 1 aliphatic heterocycles. The van der Waals surface area contributed by atoms with Crippen molar-refractivity contribution in [2.75, 3.05) is 13.1 Å². The van der Waals surface area contributed by atoms with E-state index >= 15 is 0 Å². The number of hydrogen-bond donors (Lipinski definition) is 0. The monoisotopic (exact) mass is 331 g/mol. The third-order valence-electron chi connectivity index (χ3n) is 5.91. The summed E-state index contributed by atoms with van der Waals surface area (Å²) in [5.74, 6) is 0.148. The smallest absolute Gasteiger partial charge is 0.223 e. The molecule has 1 aromatic heterocycles. The van der Waals surface area contributed by atoms with Crippen LogP contribution in [-0.2, 0) is 11.8 Å². The highest BCUT2D eigenvalue weighted by atomic mass is 16.2. The minimum atomic E-state index is 0.00928. The number of carbonyl (C=O) groups excluding carboxylic acids is 2. The number of ketones is 1. The minimum Gasteiger partial charge on any atom is -0.343 e. The SMILES string of the molecule is Cn1cc(C(=O)CCC(=O)N2CCCC3(CCCCC3)CC2)cn1. The fourth-order valence-electron chi connectivity index (χ4n) is 4.39. The molecule has 24 heavy (non-hydrogen) atoms. The number of Topliss-reactive ketones (excluding diaryl/α,β-unsaturated/α-hetero) is 1. The summed E-state index contributed by atoms with van der Waals surface area (Å²) >= 11 is 0. The van der Waals surface area contributed by atoms with Gasteiger partial charge in [0.2, 0.25) is 5.91 Å². The molecule has 0 atom stereocenters. The highest BCUT2D eigenvalue weighted by molar-refractivity contribution is 5.97. The molecule has 1 aromatic rings. The van der Waals surface area contributed by atoms with Crippen LogP contribution in [0.2, 0.25) is 0 Å². The highest BCUT2D eigenvalue weighted by Gasteiger charge is 2.34. The number of hydrogen-bond acceptors (Lipinski definition) is 3. The predicted molar refractivity (Wildman–Crippen MR) is 92.7 cm³/mol. The Kier molecular flexibility index (Phi) is 5.36. The first-order valence-electron chi connectivity index (χ1n) is 9.38. The molecule has 3 rings (SSSR count). The van der Waals surface area contributed by atoms with E-state index in [2.05, 4.69) is 5.10 Å². The van der Waals surface area contributed by atoms with Crippen molar-refractivity contribution in [3.8, 4) is 0 Å². The molecule has 0 unspecified atom stereocenters. The topological polar surface area (TPSA) is 55.2 Å². The van der Waals surface area contributed by atoms with E-state index in [9.17, 15) is 9.59 Å². The van der Waals surface area contributed by atoms with E-state index in [1.54, 1.807) is 24.1 Å². The summed E-state index contributed by atoms with van der Waals surface area (Å²) in [4.78, 5) is 26.6. The van der Waals surface area contributed by atoms with Crippen molar-refractivity contribution in [3.05, 3.63) is 18.0 Å². The van der Waals surface area contributed by atoms with E-state index in [0.717, 1.165) is 25.9 Å².